The van der Waals surface area contributed by atoms with Crippen molar-refractivity contribution >= 4 is 23.5 Å². The number of aliphatic carboxylic acids is 1. The molecule has 27 heavy (non-hydrogen) atoms. The number of hydrogen-bond acceptors (Lipinski definition) is 3. The number of carboxylic acid groups (broad SMARTS) is 1. The average Bonchev–Trinajstić information content (AvgIpc) is 2.62. The standard InChI is InChI=1S/C20H21FN2O4/c1-12(10-14-4-3-5-16(21)11-14)18(24)23-17-8-6-15(7-9-17)19(25)22-13(2)20(26)27/h3-9,11-13H,10H2,1-2H3,(H,22,25)(H,23,24)(H,26,27). The maximum Gasteiger partial charge on any atom is 0.325 e. The lowest BCUT2D eigenvalue weighted by molar-refractivity contribution is -0.138. The summed E-state index contributed by atoms with van der Waals surface area (Å²) in [4.78, 5) is 35.0. The van der Waals surface area contributed by atoms with E-state index in [9.17, 15) is 18.8 Å². The summed E-state index contributed by atoms with van der Waals surface area (Å²) in [5, 5.41) is 13.9. The van der Waals surface area contributed by atoms with Gasteiger partial charge in [-0.15, -0.1) is 0 Å². The molecule has 2 unspecified atom stereocenters. The maximum absolute atomic E-state index is 13.2. The van der Waals surface area contributed by atoms with Gasteiger partial charge in [-0.05, 0) is 55.3 Å². The maximum atomic E-state index is 13.2. The molecular formula is C20H21FN2O4. The van der Waals surface area contributed by atoms with Crippen LogP contribution in [0.2, 0.25) is 0 Å². The second kappa shape index (κ2) is 8.93. The SMILES string of the molecule is CC(Cc1cccc(F)c1)C(=O)Nc1ccc(C(=O)NC(C)C(=O)O)cc1. The Morgan fingerprint density at radius 3 is 2.33 bits per heavy atom. The minimum atomic E-state index is -1.13. The van der Waals surface area contributed by atoms with Crippen LogP contribution in [0.25, 0.3) is 0 Å². The smallest absolute Gasteiger partial charge is 0.325 e. The Morgan fingerprint density at radius 2 is 1.74 bits per heavy atom. The average molecular weight is 372 g/mol. The Balaban J connectivity index is 1.94. The molecule has 7 heteroatoms. The molecule has 0 aromatic heterocycles. The van der Waals surface area contributed by atoms with Crippen LogP contribution < -0.4 is 10.6 Å². The molecule has 0 spiro atoms. The van der Waals surface area contributed by atoms with Gasteiger partial charge >= 0.3 is 5.97 Å². The van der Waals surface area contributed by atoms with Crippen LogP contribution in [-0.4, -0.2) is 28.9 Å². The zero-order valence-electron chi connectivity index (χ0n) is 15.0. The normalized spacial score (nSPS) is 12.7. The van der Waals surface area contributed by atoms with Gasteiger partial charge in [0.15, 0.2) is 0 Å². The van der Waals surface area contributed by atoms with E-state index in [1.54, 1.807) is 31.2 Å². The molecule has 0 aliphatic rings. The fourth-order valence-electron chi connectivity index (χ4n) is 2.42. The van der Waals surface area contributed by atoms with E-state index in [0.717, 1.165) is 5.56 Å². The third-order valence-electron chi connectivity index (χ3n) is 4.01. The number of hydrogen-bond donors (Lipinski definition) is 3. The highest BCUT2D eigenvalue weighted by Crippen LogP contribution is 2.15. The lowest BCUT2D eigenvalue weighted by atomic mass is 10.00. The second-order valence-corrected chi connectivity index (χ2v) is 6.34. The second-order valence-electron chi connectivity index (χ2n) is 6.34. The summed E-state index contributed by atoms with van der Waals surface area (Å²) in [7, 11) is 0. The molecule has 0 radical (unpaired) electrons. The van der Waals surface area contributed by atoms with E-state index < -0.39 is 17.9 Å². The molecule has 2 amide bonds. The van der Waals surface area contributed by atoms with E-state index in [1.165, 1.54) is 31.2 Å². The number of anilines is 1. The zero-order valence-corrected chi connectivity index (χ0v) is 15.0. The van der Waals surface area contributed by atoms with Crippen molar-refractivity contribution < 1.29 is 23.9 Å². The molecule has 6 nitrogen and oxygen atoms in total. The van der Waals surface area contributed by atoms with Crippen molar-refractivity contribution in [2.24, 2.45) is 5.92 Å². The van der Waals surface area contributed by atoms with Gasteiger partial charge in [-0.1, -0.05) is 19.1 Å². The van der Waals surface area contributed by atoms with E-state index in [0.29, 0.717) is 12.1 Å². The van der Waals surface area contributed by atoms with Crippen LogP contribution >= 0.6 is 0 Å². The van der Waals surface area contributed by atoms with Gasteiger partial charge in [0.25, 0.3) is 5.91 Å². The highest BCUT2D eigenvalue weighted by molar-refractivity contribution is 5.97. The molecule has 0 heterocycles. The first-order valence-electron chi connectivity index (χ1n) is 8.45. The van der Waals surface area contributed by atoms with Gasteiger partial charge in [-0.3, -0.25) is 14.4 Å². The third kappa shape index (κ3) is 5.91. The van der Waals surface area contributed by atoms with Crippen LogP contribution in [0.1, 0.15) is 29.8 Å². The highest BCUT2D eigenvalue weighted by Gasteiger charge is 2.16. The van der Waals surface area contributed by atoms with Gasteiger partial charge in [0.05, 0.1) is 0 Å². The van der Waals surface area contributed by atoms with Crippen LogP contribution in [0, 0.1) is 11.7 Å². The molecule has 2 rings (SSSR count). The van der Waals surface area contributed by atoms with Gasteiger partial charge in [-0.2, -0.15) is 0 Å². The van der Waals surface area contributed by atoms with Crippen LogP contribution in [0.3, 0.4) is 0 Å². The number of carbonyl (C=O) groups is 3. The van der Waals surface area contributed by atoms with Gasteiger partial charge in [-0.25, -0.2) is 4.39 Å². The van der Waals surface area contributed by atoms with Crippen LogP contribution in [0.5, 0.6) is 0 Å². The third-order valence-corrected chi connectivity index (χ3v) is 4.01. The molecule has 0 aliphatic carbocycles. The summed E-state index contributed by atoms with van der Waals surface area (Å²) < 4.78 is 13.2. The lowest BCUT2D eigenvalue weighted by Gasteiger charge is -2.13. The molecule has 0 saturated carbocycles. The van der Waals surface area contributed by atoms with Crippen molar-refractivity contribution in [3.8, 4) is 0 Å². The zero-order chi connectivity index (χ0) is 20.0. The molecule has 142 valence electrons. The molecular weight excluding hydrogens is 351 g/mol. The first-order valence-corrected chi connectivity index (χ1v) is 8.45. The first kappa shape index (κ1) is 20.1. The van der Waals surface area contributed by atoms with Crippen molar-refractivity contribution in [3.05, 3.63) is 65.5 Å². The number of carboxylic acids is 1. The molecule has 0 aliphatic heterocycles. The van der Waals surface area contributed by atoms with E-state index in [2.05, 4.69) is 10.6 Å². The van der Waals surface area contributed by atoms with Gasteiger partial charge in [0.1, 0.15) is 11.9 Å². The van der Waals surface area contributed by atoms with Crippen molar-refractivity contribution in [2.45, 2.75) is 26.3 Å². The predicted octanol–water partition coefficient (Wildman–Crippen LogP) is 2.85. The van der Waals surface area contributed by atoms with Crippen molar-refractivity contribution in [1.29, 1.82) is 0 Å². The summed E-state index contributed by atoms with van der Waals surface area (Å²) in [6.45, 7) is 3.12. The topological polar surface area (TPSA) is 95.5 Å². The van der Waals surface area contributed by atoms with Crippen molar-refractivity contribution in [2.75, 3.05) is 5.32 Å². The largest absolute Gasteiger partial charge is 0.480 e. The fourth-order valence-corrected chi connectivity index (χ4v) is 2.42. The Bertz CT molecular complexity index is 836. The van der Waals surface area contributed by atoms with E-state index >= 15 is 0 Å². The Hall–Kier alpha value is -3.22. The van der Waals surface area contributed by atoms with Gasteiger partial charge < -0.3 is 15.7 Å². The summed E-state index contributed by atoms with van der Waals surface area (Å²) in [6, 6.07) is 11.2. The monoisotopic (exact) mass is 372 g/mol. The predicted molar refractivity (Wildman–Crippen MR) is 98.9 cm³/mol. The number of halogens is 1. The Morgan fingerprint density at radius 1 is 1.07 bits per heavy atom. The lowest BCUT2D eigenvalue weighted by Crippen LogP contribution is -2.38. The Labute approximate surface area is 156 Å². The van der Waals surface area contributed by atoms with Gasteiger partial charge in [0, 0.05) is 17.2 Å². The minimum Gasteiger partial charge on any atom is -0.480 e. The summed E-state index contributed by atoms with van der Waals surface area (Å²) in [6.07, 6.45) is 0.400. The quantitative estimate of drug-likeness (QED) is 0.696. The first-order chi connectivity index (χ1) is 12.8. The summed E-state index contributed by atoms with van der Waals surface area (Å²) >= 11 is 0. The highest BCUT2D eigenvalue weighted by atomic mass is 19.1. The van der Waals surface area contributed by atoms with Crippen molar-refractivity contribution in [1.82, 2.24) is 5.32 Å². The summed E-state index contributed by atoms with van der Waals surface area (Å²) in [5.74, 6) is -2.57. The van der Waals surface area contributed by atoms with Gasteiger partial charge in [0.2, 0.25) is 5.91 Å². The molecule has 0 saturated heterocycles. The molecule has 2 atom stereocenters. The Kier molecular flexibility index (Phi) is 6.65. The molecule has 0 bridgehead atoms. The van der Waals surface area contributed by atoms with Crippen LogP contribution in [0.15, 0.2) is 48.5 Å². The number of rotatable bonds is 7. The molecule has 0 fully saturated rings. The number of benzene rings is 2. The molecule has 2 aromatic rings. The van der Waals surface area contributed by atoms with E-state index in [-0.39, 0.29) is 23.2 Å². The fraction of sp³-hybridized carbons (Fsp3) is 0.250. The molecule has 3 N–H and O–H groups in total. The summed E-state index contributed by atoms with van der Waals surface area (Å²) in [5.41, 5.74) is 1.53. The van der Waals surface area contributed by atoms with Crippen LogP contribution in [0.4, 0.5) is 10.1 Å². The van der Waals surface area contributed by atoms with E-state index in [4.69, 9.17) is 5.11 Å². The number of carbonyl (C=O) groups excluding carboxylic acids is 2. The number of nitrogens with one attached hydrogen (secondary N) is 2. The van der Waals surface area contributed by atoms with E-state index in [1.807, 2.05) is 0 Å². The number of amides is 2. The van der Waals surface area contributed by atoms with Crippen LogP contribution in [-0.2, 0) is 16.0 Å². The van der Waals surface area contributed by atoms with Crippen molar-refractivity contribution in [3.63, 3.8) is 0 Å². The minimum absolute atomic E-state index is 0.226. The molecule has 2 aromatic carbocycles.